The molecule has 0 aromatic rings. The average Bonchev–Trinajstić information content (AvgIpc) is 3.20. The van der Waals surface area contributed by atoms with E-state index in [-0.39, 0.29) is 12.2 Å². The predicted molar refractivity (Wildman–Crippen MR) is 149 cm³/mol. The van der Waals surface area contributed by atoms with E-state index in [4.69, 9.17) is 9.47 Å². The van der Waals surface area contributed by atoms with Gasteiger partial charge in [0.25, 0.3) is 0 Å². The third-order valence-corrected chi connectivity index (χ3v) is 12.3. The summed E-state index contributed by atoms with van der Waals surface area (Å²) in [6.45, 7) is 14.4. The highest BCUT2D eigenvalue weighted by Crippen LogP contribution is 2.67. The lowest BCUT2D eigenvalue weighted by Gasteiger charge is -2.58. The Morgan fingerprint density at radius 3 is 2.54 bits per heavy atom. The number of aliphatic hydroxyl groups excluding tert-OH is 2. The minimum Gasteiger partial charge on any atom is -0.390 e. The second kappa shape index (κ2) is 10.9. The molecule has 5 rings (SSSR count). The smallest absolute Gasteiger partial charge is 0.161 e. The topological polar surface area (TPSA) is 58.9 Å². The molecule has 4 nitrogen and oxygen atoms in total. The molecular formula is C33H56O4. The highest BCUT2D eigenvalue weighted by atomic mass is 16.7. The van der Waals surface area contributed by atoms with Gasteiger partial charge in [-0.1, -0.05) is 65.5 Å². The largest absolute Gasteiger partial charge is 0.390 e. The first-order chi connectivity index (χ1) is 17.5. The van der Waals surface area contributed by atoms with Gasteiger partial charge in [-0.3, -0.25) is 0 Å². The summed E-state index contributed by atoms with van der Waals surface area (Å²) in [6.07, 6.45) is 15.3. The van der Waals surface area contributed by atoms with Crippen molar-refractivity contribution in [2.45, 2.75) is 149 Å². The average molecular weight is 517 g/mol. The summed E-state index contributed by atoms with van der Waals surface area (Å²) >= 11 is 0. The van der Waals surface area contributed by atoms with E-state index in [0.717, 1.165) is 48.3 Å². The first-order valence-electron chi connectivity index (χ1n) is 15.9. The highest BCUT2D eigenvalue weighted by molar-refractivity contribution is 5.25. The number of allylic oxidation sites excluding steroid dienone is 1. The number of fused-ring (bicyclic) bond motifs is 5. The van der Waals surface area contributed by atoms with E-state index >= 15 is 0 Å². The minimum atomic E-state index is -0.817. The fraction of sp³-hybridized carbons (Fsp3) is 0.939. The molecule has 0 aromatic heterocycles. The Balaban J connectivity index is 1.23. The maximum absolute atomic E-state index is 10.2. The van der Waals surface area contributed by atoms with E-state index in [9.17, 15) is 10.2 Å². The number of ether oxygens (including phenoxy) is 2. The molecule has 12 atom stereocenters. The van der Waals surface area contributed by atoms with E-state index in [0.29, 0.717) is 17.3 Å². The molecule has 1 saturated heterocycles. The van der Waals surface area contributed by atoms with E-state index in [1.165, 1.54) is 57.8 Å². The lowest BCUT2D eigenvalue weighted by molar-refractivity contribution is -0.262. The SMILES string of the molecule is CC(C)CCCC(C)C1CCC2C3CC=C4C[C@H](OC5CC(O)C(O)C(C)O5)CC[C@]4(C)C3CC[C@]12C. The number of hydrogen-bond acceptors (Lipinski definition) is 4. The van der Waals surface area contributed by atoms with Gasteiger partial charge in [0.2, 0.25) is 0 Å². The number of rotatable bonds is 7. The second-order valence-corrected chi connectivity index (χ2v) is 14.9. The summed E-state index contributed by atoms with van der Waals surface area (Å²) in [7, 11) is 0. The van der Waals surface area contributed by atoms with Gasteiger partial charge in [-0.05, 0) is 105 Å². The summed E-state index contributed by atoms with van der Waals surface area (Å²) in [6, 6.07) is 0. The summed E-state index contributed by atoms with van der Waals surface area (Å²) in [4.78, 5) is 0. The molecule has 1 heterocycles. The zero-order chi connectivity index (χ0) is 26.5. The van der Waals surface area contributed by atoms with Crippen LogP contribution in [0.1, 0.15) is 119 Å². The van der Waals surface area contributed by atoms with Crippen molar-refractivity contribution < 1.29 is 19.7 Å². The second-order valence-electron chi connectivity index (χ2n) is 14.9. The van der Waals surface area contributed by atoms with Crippen molar-refractivity contribution in [3.63, 3.8) is 0 Å². The van der Waals surface area contributed by atoms with Crippen LogP contribution >= 0.6 is 0 Å². The molecule has 3 saturated carbocycles. The number of aliphatic hydroxyl groups is 2. The van der Waals surface area contributed by atoms with Crippen molar-refractivity contribution >= 4 is 0 Å². The Hall–Kier alpha value is -0.420. The molecule has 1 aliphatic heterocycles. The van der Waals surface area contributed by atoms with Crippen LogP contribution in [0, 0.1) is 46.3 Å². The van der Waals surface area contributed by atoms with Crippen LogP contribution in [-0.4, -0.2) is 40.9 Å². The zero-order valence-electron chi connectivity index (χ0n) is 24.6. The highest BCUT2D eigenvalue weighted by Gasteiger charge is 2.59. The third-order valence-electron chi connectivity index (χ3n) is 12.3. The molecule has 37 heavy (non-hydrogen) atoms. The zero-order valence-corrected chi connectivity index (χ0v) is 24.6. The standard InChI is InChI=1S/C33H56O4/c1-20(2)8-7-9-21(3)26-12-13-27-25-11-10-23-18-24(37-30-19-29(34)31(35)22(4)36-30)14-16-32(23,5)28(25)15-17-33(26,27)6/h10,20-22,24-31,34-35H,7-9,11-19H2,1-6H3/t21?,22?,24-,25?,26?,27?,28?,29?,30?,31?,32+,33-/m1/s1. The molecule has 0 bridgehead atoms. The Morgan fingerprint density at radius 2 is 1.81 bits per heavy atom. The van der Waals surface area contributed by atoms with Crippen LogP contribution in [0.3, 0.4) is 0 Å². The van der Waals surface area contributed by atoms with Crippen molar-refractivity contribution in [2.24, 2.45) is 46.3 Å². The molecule has 4 aliphatic carbocycles. The molecule has 4 fully saturated rings. The quantitative estimate of drug-likeness (QED) is 0.349. The summed E-state index contributed by atoms with van der Waals surface area (Å²) < 4.78 is 12.3. The first kappa shape index (κ1) is 28.1. The number of hydrogen-bond donors (Lipinski definition) is 2. The molecule has 2 N–H and O–H groups in total. The Kier molecular flexibility index (Phi) is 8.26. The van der Waals surface area contributed by atoms with Gasteiger partial charge in [0.05, 0.1) is 18.3 Å². The molecule has 0 radical (unpaired) electrons. The molecule has 5 aliphatic rings. The summed E-state index contributed by atoms with van der Waals surface area (Å²) in [5, 5.41) is 20.2. The van der Waals surface area contributed by atoms with Crippen LogP contribution < -0.4 is 0 Å². The van der Waals surface area contributed by atoms with Crippen molar-refractivity contribution in [1.29, 1.82) is 0 Å². The first-order valence-corrected chi connectivity index (χ1v) is 15.9. The van der Waals surface area contributed by atoms with Gasteiger partial charge < -0.3 is 19.7 Å². The van der Waals surface area contributed by atoms with Gasteiger partial charge in [0.15, 0.2) is 6.29 Å². The van der Waals surface area contributed by atoms with Crippen molar-refractivity contribution in [3.8, 4) is 0 Å². The molecule has 0 aromatic carbocycles. The Bertz CT molecular complexity index is 811. The lowest BCUT2D eigenvalue weighted by atomic mass is 9.47. The predicted octanol–water partition coefficient (Wildman–Crippen LogP) is 7.27. The fourth-order valence-electron chi connectivity index (χ4n) is 10.1. The molecule has 0 spiro atoms. The van der Waals surface area contributed by atoms with Gasteiger partial charge >= 0.3 is 0 Å². The molecule has 9 unspecified atom stereocenters. The molecule has 212 valence electrons. The normalized spacial score (nSPS) is 48.7. The Morgan fingerprint density at radius 1 is 1.03 bits per heavy atom. The summed E-state index contributed by atoms with van der Waals surface area (Å²) in [5.41, 5.74) is 2.50. The van der Waals surface area contributed by atoms with Gasteiger partial charge in [0.1, 0.15) is 6.10 Å². The Labute approximate surface area is 227 Å². The van der Waals surface area contributed by atoms with E-state index in [2.05, 4.69) is 40.7 Å². The van der Waals surface area contributed by atoms with Crippen LogP contribution in [-0.2, 0) is 9.47 Å². The molecule has 0 amide bonds. The van der Waals surface area contributed by atoms with Gasteiger partial charge in [-0.2, -0.15) is 0 Å². The van der Waals surface area contributed by atoms with Crippen LogP contribution in [0.4, 0.5) is 0 Å². The lowest BCUT2D eigenvalue weighted by Crippen LogP contribution is -2.52. The summed E-state index contributed by atoms with van der Waals surface area (Å²) in [5.74, 6) is 5.20. The van der Waals surface area contributed by atoms with E-state index < -0.39 is 18.5 Å². The van der Waals surface area contributed by atoms with Crippen LogP contribution in [0.25, 0.3) is 0 Å². The van der Waals surface area contributed by atoms with Gasteiger partial charge in [-0.15, -0.1) is 0 Å². The van der Waals surface area contributed by atoms with Crippen molar-refractivity contribution in [3.05, 3.63) is 11.6 Å². The monoisotopic (exact) mass is 516 g/mol. The van der Waals surface area contributed by atoms with Crippen LogP contribution in [0.2, 0.25) is 0 Å². The van der Waals surface area contributed by atoms with Gasteiger partial charge in [-0.25, -0.2) is 0 Å². The van der Waals surface area contributed by atoms with Gasteiger partial charge in [0, 0.05) is 6.42 Å². The van der Waals surface area contributed by atoms with E-state index in [1.807, 2.05) is 6.92 Å². The molecular weight excluding hydrogens is 460 g/mol. The third kappa shape index (κ3) is 5.23. The van der Waals surface area contributed by atoms with E-state index in [1.54, 1.807) is 5.57 Å². The van der Waals surface area contributed by atoms with Crippen LogP contribution in [0.5, 0.6) is 0 Å². The maximum Gasteiger partial charge on any atom is 0.161 e. The van der Waals surface area contributed by atoms with Crippen LogP contribution in [0.15, 0.2) is 11.6 Å². The minimum absolute atomic E-state index is 0.159. The maximum atomic E-state index is 10.2. The fourth-order valence-corrected chi connectivity index (χ4v) is 10.1. The molecule has 4 heteroatoms. The van der Waals surface area contributed by atoms with Crippen molar-refractivity contribution in [1.82, 2.24) is 0 Å². The van der Waals surface area contributed by atoms with Crippen molar-refractivity contribution in [2.75, 3.05) is 0 Å².